The maximum Gasteiger partial charge on any atom is 0.246 e. The lowest BCUT2D eigenvalue weighted by molar-refractivity contribution is -0.0660. The van der Waals surface area contributed by atoms with Gasteiger partial charge in [0.05, 0.1) is 31.0 Å². The zero-order chi connectivity index (χ0) is 24.5. The van der Waals surface area contributed by atoms with Gasteiger partial charge in [-0.2, -0.15) is 4.98 Å². The highest BCUT2D eigenvalue weighted by atomic mass is 19.1. The molecule has 0 saturated carbocycles. The van der Waals surface area contributed by atoms with Crippen LogP contribution in [-0.4, -0.2) is 71.2 Å². The fourth-order valence-electron chi connectivity index (χ4n) is 4.38. The van der Waals surface area contributed by atoms with Crippen molar-refractivity contribution < 1.29 is 18.3 Å². The normalized spacial score (nSPS) is 17.0. The molecule has 35 heavy (non-hydrogen) atoms. The first kappa shape index (κ1) is 23.5. The van der Waals surface area contributed by atoms with Crippen LogP contribution in [0.15, 0.2) is 36.7 Å². The van der Waals surface area contributed by atoms with E-state index in [-0.39, 0.29) is 11.8 Å². The molecule has 186 valence electrons. The Balaban J connectivity index is 1.38. The van der Waals surface area contributed by atoms with Crippen LogP contribution in [0, 0.1) is 18.6 Å². The molecule has 2 aliphatic rings. The van der Waals surface area contributed by atoms with E-state index < -0.39 is 11.6 Å². The first-order valence-electron chi connectivity index (χ1n) is 11.9. The number of halogens is 2. The van der Waals surface area contributed by atoms with Crippen molar-refractivity contribution in [2.24, 2.45) is 0 Å². The van der Waals surface area contributed by atoms with Crippen molar-refractivity contribution >= 4 is 17.3 Å². The van der Waals surface area contributed by atoms with Crippen LogP contribution in [0.3, 0.4) is 0 Å². The number of ether oxygens (including phenoxy) is 2. The molecular weight excluding hydrogens is 454 g/mol. The van der Waals surface area contributed by atoms with Crippen molar-refractivity contribution in [2.75, 3.05) is 49.6 Å². The van der Waals surface area contributed by atoms with Gasteiger partial charge >= 0.3 is 0 Å². The molecule has 3 aromatic rings. The number of nitrogens with zero attached hydrogens (tertiary/aromatic N) is 5. The fraction of sp³-hybridized carbons (Fsp3) is 0.440. The Hall–Kier alpha value is -3.24. The molecule has 0 amide bonds. The van der Waals surface area contributed by atoms with Gasteiger partial charge in [-0.25, -0.2) is 13.5 Å². The number of benzene rings is 2. The quantitative estimate of drug-likeness (QED) is 0.546. The lowest BCUT2D eigenvalue weighted by Crippen LogP contribution is -2.56. The van der Waals surface area contributed by atoms with Crippen molar-refractivity contribution in [2.45, 2.75) is 32.9 Å². The number of rotatable bonds is 7. The van der Waals surface area contributed by atoms with Crippen LogP contribution in [0.25, 0.3) is 5.69 Å². The molecule has 0 radical (unpaired) electrons. The zero-order valence-corrected chi connectivity index (χ0v) is 20.2. The van der Waals surface area contributed by atoms with Gasteiger partial charge in [-0.05, 0) is 39.0 Å². The maximum absolute atomic E-state index is 13.6. The third-order valence-corrected chi connectivity index (χ3v) is 6.37. The Morgan fingerprint density at radius 3 is 2.34 bits per heavy atom. The Bertz CT molecular complexity index is 1170. The largest absolute Gasteiger partial charge is 0.491 e. The average Bonchev–Trinajstić information content (AvgIpc) is 3.23. The summed E-state index contributed by atoms with van der Waals surface area (Å²) in [5.74, 6) is -0.232. The van der Waals surface area contributed by atoms with Gasteiger partial charge in [0.2, 0.25) is 5.95 Å². The molecule has 3 heterocycles. The van der Waals surface area contributed by atoms with Crippen molar-refractivity contribution in [1.82, 2.24) is 19.7 Å². The van der Waals surface area contributed by atoms with E-state index in [4.69, 9.17) is 9.47 Å². The molecule has 1 N–H and O–H groups in total. The lowest BCUT2D eigenvalue weighted by atomic mass is 10.1. The van der Waals surface area contributed by atoms with E-state index in [0.29, 0.717) is 12.0 Å². The molecule has 2 fully saturated rings. The highest BCUT2D eigenvalue weighted by Gasteiger charge is 2.29. The van der Waals surface area contributed by atoms with Gasteiger partial charge in [-0.1, -0.05) is 0 Å². The van der Waals surface area contributed by atoms with E-state index in [1.165, 1.54) is 23.1 Å². The van der Waals surface area contributed by atoms with Gasteiger partial charge < -0.3 is 19.7 Å². The summed E-state index contributed by atoms with van der Waals surface area (Å²) >= 11 is 0. The van der Waals surface area contributed by atoms with Crippen LogP contribution in [0.5, 0.6) is 5.75 Å². The summed E-state index contributed by atoms with van der Waals surface area (Å²) in [7, 11) is 0. The van der Waals surface area contributed by atoms with E-state index in [1.54, 1.807) is 0 Å². The number of aromatic nitrogens is 3. The second-order valence-corrected chi connectivity index (χ2v) is 9.26. The molecule has 5 rings (SSSR count). The minimum Gasteiger partial charge on any atom is -0.491 e. The molecule has 2 aliphatic heterocycles. The van der Waals surface area contributed by atoms with E-state index in [9.17, 15) is 8.78 Å². The van der Waals surface area contributed by atoms with Gasteiger partial charge in [-0.3, -0.25) is 4.90 Å². The van der Waals surface area contributed by atoms with Crippen molar-refractivity contribution in [3.8, 4) is 11.4 Å². The number of hydrogen-bond acceptors (Lipinski definition) is 7. The molecule has 2 saturated heterocycles. The molecule has 0 bridgehead atoms. The summed E-state index contributed by atoms with van der Waals surface area (Å²) in [6, 6.07) is 7.94. The third-order valence-electron chi connectivity index (χ3n) is 6.37. The monoisotopic (exact) mass is 484 g/mol. The van der Waals surface area contributed by atoms with Crippen LogP contribution in [-0.2, 0) is 4.74 Å². The standard InChI is InChI=1S/C25H30F2N6O2/c1-16(2)35-24-12-20(31-4-6-32(7-5-31)22-13-34-14-22)11-23(17(24)3)29-25-28-15-33(30-25)21-9-18(26)8-19(27)10-21/h8-12,15-16,22H,4-7,13-14H2,1-3H3,(H,29,30). The number of nitrogens with one attached hydrogen (secondary N) is 1. The molecule has 0 spiro atoms. The smallest absolute Gasteiger partial charge is 0.246 e. The van der Waals surface area contributed by atoms with E-state index in [2.05, 4.69) is 37.3 Å². The van der Waals surface area contributed by atoms with Gasteiger partial charge in [-0.15, -0.1) is 5.10 Å². The summed E-state index contributed by atoms with van der Waals surface area (Å²) in [5.41, 5.74) is 3.06. The minimum atomic E-state index is -0.672. The van der Waals surface area contributed by atoms with Crippen LogP contribution in [0.1, 0.15) is 19.4 Å². The van der Waals surface area contributed by atoms with Gasteiger partial charge in [0, 0.05) is 55.2 Å². The van der Waals surface area contributed by atoms with Crippen LogP contribution in [0.2, 0.25) is 0 Å². The number of hydrogen-bond donors (Lipinski definition) is 1. The van der Waals surface area contributed by atoms with Crippen LogP contribution >= 0.6 is 0 Å². The SMILES string of the molecule is Cc1c(Nc2ncn(-c3cc(F)cc(F)c3)n2)cc(N2CCN(C3COC3)CC2)cc1OC(C)C. The molecule has 0 aliphatic carbocycles. The first-order chi connectivity index (χ1) is 16.9. The second-order valence-electron chi connectivity index (χ2n) is 9.26. The molecular formula is C25H30F2N6O2. The topological polar surface area (TPSA) is 67.7 Å². The highest BCUT2D eigenvalue weighted by molar-refractivity contribution is 5.70. The maximum atomic E-state index is 13.6. The molecule has 1 aromatic heterocycles. The van der Waals surface area contributed by atoms with Crippen molar-refractivity contribution in [1.29, 1.82) is 0 Å². The predicted octanol–water partition coefficient (Wildman–Crippen LogP) is 3.91. The zero-order valence-electron chi connectivity index (χ0n) is 20.2. The summed E-state index contributed by atoms with van der Waals surface area (Å²) in [5, 5.41) is 7.63. The minimum absolute atomic E-state index is 0.0208. The summed E-state index contributed by atoms with van der Waals surface area (Å²) in [6.07, 6.45) is 1.44. The fourth-order valence-corrected chi connectivity index (χ4v) is 4.38. The van der Waals surface area contributed by atoms with Gasteiger partial charge in [0.1, 0.15) is 23.7 Å². The van der Waals surface area contributed by atoms with E-state index >= 15 is 0 Å². The Morgan fingerprint density at radius 2 is 1.71 bits per heavy atom. The van der Waals surface area contributed by atoms with Gasteiger partial charge in [0.25, 0.3) is 0 Å². The van der Waals surface area contributed by atoms with Crippen LogP contribution in [0.4, 0.5) is 26.1 Å². The molecule has 8 nitrogen and oxygen atoms in total. The molecule has 2 aromatic carbocycles. The lowest BCUT2D eigenvalue weighted by Gasteiger charge is -2.43. The summed E-state index contributed by atoms with van der Waals surface area (Å²) < 4.78 is 40.1. The Morgan fingerprint density at radius 1 is 1.00 bits per heavy atom. The summed E-state index contributed by atoms with van der Waals surface area (Å²) in [6.45, 7) is 11.4. The van der Waals surface area contributed by atoms with Crippen LogP contribution < -0.4 is 15.0 Å². The first-order valence-corrected chi connectivity index (χ1v) is 11.9. The second kappa shape index (κ2) is 9.79. The van der Waals surface area contributed by atoms with Crippen molar-refractivity contribution in [3.05, 3.63) is 53.9 Å². The molecule has 0 atom stereocenters. The number of anilines is 3. The molecule has 10 heteroatoms. The number of piperazine rings is 1. The predicted molar refractivity (Wildman–Crippen MR) is 130 cm³/mol. The van der Waals surface area contributed by atoms with E-state index in [1.807, 2.05) is 20.8 Å². The highest BCUT2D eigenvalue weighted by Crippen LogP contribution is 2.35. The molecule has 0 unspecified atom stereocenters. The Kier molecular flexibility index (Phi) is 6.57. The average molecular weight is 485 g/mol. The summed E-state index contributed by atoms with van der Waals surface area (Å²) in [4.78, 5) is 9.14. The van der Waals surface area contributed by atoms with Gasteiger partial charge in [0.15, 0.2) is 0 Å². The van der Waals surface area contributed by atoms with Crippen molar-refractivity contribution in [3.63, 3.8) is 0 Å². The van der Waals surface area contributed by atoms with E-state index in [0.717, 1.165) is 68.1 Å². The Labute approximate surface area is 203 Å². The third kappa shape index (κ3) is 5.23.